The van der Waals surface area contributed by atoms with Crippen molar-refractivity contribution >= 4 is 21.9 Å². The summed E-state index contributed by atoms with van der Waals surface area (Å²) < 4.78 is 5.35. The number of ether oxygens (including phenoxy) is 1. The number of alkyl halides is 1. The minimum Gasteiger partial charge on any atom is -0.465 e. The van der Waals surface area contributed by atoms with E-state index >= 15 is 0 Å². The molecule has 0 aromatic heterocycles. The number of hydrogen-bond donors (Lipinski definition) is 0. The lowest BCUT2D eigenvalue weighted by Gasteiger charge is -2.36. The molecule has 2 saturated carbocycles. The summed E-state index contributed by atoms with van der Waals surface area (Å²) in [5.74, 6) is 3.00. The second-order valence-corrected chi connectivity index (χ2v) is 7.63. The molecule has 0 unspecified atom stereocenters. The molecular weight excluding hydrogens is 316 g/mol. The highest BCUT2D eigenvalue weighted by atomic mass is 79.9. The molecule has 2 nitrogen and oxygen atoms in total. The van der Waals surface area contributed by atoms with E-state index in [0.29, 0.717) is 6.61 Å². The van der Waals surface area contributed by atoms with Gasteiger partial charge in [-0.3, -0.25) is 4.79 Å². The van der Waals surface area contributed by atoms with Crippen LogP contribution in [-0.4, -0.2) is 17.9 Å². The minimum atomic E-state index is 0.0571. The zero-order valence-electron chi connectivity index (χ0n) is 12.8. The highest BCUT2D eigenvalue weighted by Gasteiger charge is 2.32. The number of hydrogen-bond acceptors (Lipinski definition) is 2. The van der Waals surface area contributed by atoms with Gasteiger partial charge in [-0.15, -0.1) is 0 Å². The summed E-state index contributed by atoms with van der Waals surface area (Å²) in [6.45, 7) is 2.96. The Kier molecular flexibility index (Phi) is 6.86. The van der Waals surface area contributed by atoms with Crippen LogP contribution in [0.15, 0.2) is 0 Å². The largest absolute Gasteiger partial charge is 0.465 e. The predicted octanol–water partition coefficient (Wildman–Crippen LogP) is 4.95. The Balaban J connectivity index is 1.68. The van der Waals surface area contributed by atoms with E-state index < -0.39 is 0 Å². The molecule has 0 aromatic carbocycles. The topological polar surface area (TPSA) is 26.3 Å². The van der Waals surface area contributed by atoms with Crippen LogP contribution in [0.2, 0.25) is 0 Å². The predicted molar refractivity (Wildman–Crippen MR) is 85.9 cm³/mol. The first kappa shape index (κ1) is 16.3. The fourth-order valence-electron chi connectivity index (χ4n) is 3.93. The molecule has 0 heterocycles. The molecular formula is C17H29BrO2. The third kappa shape index (κ3) is 4.75. The molecule has 0 atom stereocenters. The molecule has 0 saturated heterocycles. The lowest BCUT2D eigenvalue weighted by Crippen LogP contribution is -2.29. The molecule has 2 fully saturated rings. The molecule has 0 radical (unpaired) electrons. The molecule has 2 aliphatic carbocycles. The maximum Gasteiger partial charge on any atom is 0.308 e. The lowest BCUT2D eigenvalue weighted by molar-refractivity contribution is -0.150. The van der Waals surface area contributed by atoms with Crippen LogP contribution in [0.25, 0.3) is 0 Å². The molecule has 116 valence electrons. The summed E-state index contributed by atoms with van der Waals surface area (Å²) in [6.07, 6.45) is 11.2. The molecule has 0 spiro atoms. The zero-order chi connectivity index (χ0) is 14.4. The number of esters is 1. The van der Waals surface area contributed by atoms with Crippen molar-refractivity contribution in [2.24, 2.45) is 23.7 Å². The van der Waals surface area contributed by atoms with Crippen LogP contribution >= 0.6 is 15.9 Å². The van der Waals surface area contributed by atoms with E-state index in [4.69, 9.17) is 4.74 Å². The Labute approximate surface area is 132 Å². The SMILES string of the molecule is CC1CCC(C2CCC(C(=O)OCCCBr)CC2)CC1. The van der Waals surface area contributed by atoms with E-state index in [-0.39, 0.29) is 11.9 Å². The van der Waals surface area contributed by atoms with Crippen LogP contribution < -0.4 is 0 Å². The van der Waals surface area contributed by atoms with Crippen LogP contribution in [-0.2, 0) is 9.53 Å². The van der Waals surface area contributed by atoms with Crippen LogP contribution in [0.3, 0.4) is 0 Å². The van der Waals surface area contributed by atoms with E-state index in [1.165, 1.54) is 38.5 Å². The van der Waals surface area contributed by atoms with Crippen LogP contribution in [0.5, 0.6) is 0 Å². The van der Waals surface area contributed by atoms with Crippen molar-refractivity contribution in [3.8, 4) is 0 Å². The second-order valence-electron chi connectivity index (χ2n) is 6.84. The second kappa shape index (κ2) is 8.41. The fourth-order valence-corrected chi connectivity index (χ4v) is 4.16. The van der Waals surface area contributed by atoms with Gasteiger partial charge in [0, 0.05) is 5.33 Å². The summed E-state index contributed by atoms with van der Waals surface area (Å²) in [4.78, 5) is 12.0. The highest BCUT2D eigenvalue weighted by Crippen LogP contribution is 2.41. The summed E-state index contributed by atoms with van der Waals surface area (Å²) >= 11 is 3.36. The number of carbonyl (C=O) groups excluding carboxylic acids is 1. The van der Waals surface area contributed by atoms with Crippen LogP contribution in [0.4, 0.5) is 0 Å². The number of halogens is 1. The Morgan fingerprint density at radius 3 is 2.10 bits per heavy atom. The molecule has 2 rings (SSSR count). The molecule has 2 aliphatic rings. The van der Waals surface area contributed by atoms with Crippen molar-refractivity contribution in [3.05, 3.63) is 0 Å². The smallest absolute Gasteiger partial charge is 0.308 e. The lowest BCUT2D eigenvalue weighted by atomic mass is 9.69. The van der Waals surface area contributed by atoms with Crippen molar-refractivity contribution < 1.29 is 9.53 Å². The highest BCUT2D eigenvalue weighted by molar-refractivity contribution is 9.09. The quantitative estimate of drug-likeness (QED) is 0.400. The third-order valence-electron chi connectivity index (χ3n) is 5.35. The van der Waals surface area contributed by atoms with Crippen molar-refractivity contribution in [1.29, 1.82) is 0 Å². The average Bonchev–Trinajstić information content (AvgIpc) is 2.48. The van der Waals surface area contributed by atoms with Gasteiger partial charge in [0.05, 0.1) is 12.5 Å². The first-order valence-corrected chi connectivity index (χ1v) is 9.55. The van der Waals surface area contributed by atoms with E-state index in [1.54, 1.807) is 0 Å². The van der Waals surface area contributed by atoms with Gasteiger partial charge in [0.2, 0.25) is 0 Å². The maximum atomic E-state index is 12.0. The zero-order valence-corrected chi connectivity index (χ0v) is 14.4. The Bertz CT molecular complexity index is 289. The summed E-state index contributed by atoms with van der Waals surface area (Å²) in [6, 6.07) is 0. The fraction of sp³-hybridized carbons (Fsp3) is 0.941. The van der Waals surface area contributed by atoms with E-state index in [2.05, 4.69) is 22.9 Å². The molecule has 0 aromatic rings. The van der Waals surface area contributed by atoms with Crippen molar-refractivity contribution in [2.75, 3.05) is 11.9 Å². The van der Waals surface area contributed by atoms with Crippen molar-refractivity contribution in [1.82, 2.24) is 0 Å². The summed E-state index contributed by atoms with van der Waals surface area (Å²) in [5.41, 5.74) is 0. The average molecular weight is 345 g/mol. The van der Waals surface area contributed by atoms with Gasteiger partial charge in [0.25, 0.3) is 0 Å². The van der Waals surface area contributed by atoms with Crippen molar-refractivity contribution in [2.45, 2.75) is 64.7 Å². The van der Waals surface area contributed by atoms with Gasteiger partial charge in [0.1, 0.15) is 0 Å². The van der Waals surface area contributed by atoms with Gasteiger partial charge in [-0.05, 0) is 62.7 Å². The van der Waals surface area contributed by atoms with E-state index in [1.807, 2.05) is 0 Å². The van der Waals surface area contributed by atoms with Gasteiger partial charge in [-0.1, -0.05) is 35.7 Å². The van der Waals surface area contributed by atoms with Gasteiger partial charge in [-0.2, -0.15) is 0 Å². The Hall–Kier alpha value is -0.0500. The third-order valence-corrected chi connectivity index (χ3v) is 5.92. The minimum absolute atomic E-state index is 0.0571. The van der Waals surface area contributed by atoms with E-state index in [9.17, 15) is 4.79 Å². The normalized spacial score (nSPS) is 34.7. The molecule has 0 N–H and O–H groups in total. The molecule has 0 aliphatic heterocycles. The van der Waals surface area contributed by atoms with Crippen molar-refractivity contribution in [3.63, 3.8) is 0 Å². The Morgan fingerprint density at radius 2 is 1.55 bits per heavy atom. The standard InChI is InChI=1S/C17H29BrO2/c1-13-3-5-14(6-4-13)15-7-9-16(10-8-15)17(19)20-12-2-11-18/h13-16H,2-12H2,1H3. The summed E-state index contributed by atoms with van der Waals surface area (Å²) in [5, 5.41) is 0.910. The van der Waals surface area contributed by atoms with Gasteiger partial charge >= 0.3 is 5.97 Å². The first-order chi connectivity index (χ1) is 9.70. The monoisotopic (exact) mass is 344 g/mol. The molecule has 20 heavy (non-hydrogen) atoms. The van der Waals surface area contributed by atoms with Crippen LogP contribution in [0, 0.1) is 23.7 Å². The molecule has 0 bridgehead atoms. The first-order valence-electron chi connectivity index (χ1n) is 8.43. The van der Waals surface area contributed by atoms with Gasteiger partial charge in [0.15, 0.2) is 0 Å². The Morgan fingerprint density at radius 1 is 1.00 bits per heavy atom. The van der Waals surface area contributed by atoms with Crippen LogP contribution in [0.1, 0.15) is 64.7 Å². The van der Waals surface area contributed by atoms with Gasteiger partial charge < -0.3 is 4.74 Å². The van der Waals surface area contributed by atoms with E-state index in [0.717, 1.165) is 42.3 Å². The maximum absolute atomic E-state index is 12.0. The molecule has 0 amide bonds. The number of rotatable bonds is 5. The van der Waals surface area contributed by atoms with Gasteiger partial charge in [-0.25, -0.2) is 0 Å². The number of carbonyl (C=O) groups is 1. The molecule has 3 heteroatoms. The summed E-state index contributed by atoms with van der Waals surface area (Å²) in [7, 11) is 0.